The Kier molecular flexibility index (Phi) is 11.2. The fourth-order valence-corrected chi connectivity index (χ4v) is 5.18. The number of fused-ring (bicyclic) bond motifs is 1. The number of amides is 1. The minimum absolute atomic E-state index is 0.387. The summed E-state index contributed by atoms with van der Waals surface area (Å²) in [6, 6.07) is 8.33. The normalized spacial score (nSPS) is 23.7. The highest BCUT2D eigenvalue weighted by molar-refractivity contribution is 5.86. The molecule has 2 atom stereocenters. The lowest BCUT2D eigenvalue weighted by Gasteiger charge is -2.40. The van der Waals surface area contributed by atoms with Gasteiger partial charge in [0, 0.05) is 19.1 Å². The lowest BCUT2D eigenvalue weighted by Crippen LogP contribution is -2.50. The average Bonchev–Trinajstić information content (AvgIpc) is 3.21. The topological polar surface area (TPSA) is 79.5 Å². The molecule has 0 radical (unpaired) electrons. The molecule has 0 bridgehead atoms. The van der Waals surface area contributed by atoms with Gasteiger partial charge in [0.1, 0.15) is 0 Å². The zero-order chi connectivity index (χ0) is 24.2. The number of nitrogens with zero attached hydrogens (tertiary/aromatic N) is 2. The van der Waals surface area contributed by atoms with Gasteiger partial charge in [-0.1, -0.05) is 69.9 Å². The zero-order valence-corrected chi connectivity index (χ0v) is 21.4. The predicted molar refractivity (Wildman–Crippen MR) is 138 cm³/mol. The maximum Gasteiger partial charge on any atom is 0.413 e. The van der Waals surface area contributed by atoms with Crippen LogP contribution >= 0.6 is 0 Å². The molecule has 1 saturated carbocycles. The van der Waals surface area contributed by atoms with Crippen LogP contribution in [0.15, 0.2) is 24.3 Å². The van der Waals surface area contributed by atoms with E-state index < -0.39 is 6.09 Å². The molecule has 190 valence electrons. The Morgan fingerprint density at radius 1 is 0.971 bits per heavy atom. The van der Waals surface area contributed by atoms with E-state index in [9.17, 15) is 4.79 Å². The number of imidazole rings is 1. The van der Waals surface area contributed by atoms with Gasteiger partial charge in [-0.2, -0.15) is 0 Å². The Morgan fingerprint density at radius 2 is 1.53 bits per heavy atom. The van der Waals surface area contributed by atoms with Crippen LogP contribution in [0.5, 0.6) is 0 Å². The van der Waals surface area contributed by atoms with E-state index in [1.807, 2.05) is 24.3 Å². The van der Waals surface area contributed by atoms with Gasteiger partial charge in [-0.25, -0.2) is 9.78 Å². The highest BCUT2D eigenvalue weighted by Crippen LogP contribution is 2.23. The van der Waals surface area contributed by atoms with Crippen molar-refractivity contribution in [3.05, 3.63) is 24.3 Å². The molecular weight excluding hydrogens is 428 g/mol. The van der Waals surface area contributed by atoms with Crippen LogP contribution in [0.1, 0.15) is 84.5 Å². The van der Waals surface area contributed by atoms with Gasteiger partial charge in [-0.05, 0) is 38.8 Å². The molecule has 1 aromatic heterocycles. The van der Waals surface area contributed by atoms with Crippen molar-refractivity contribution in [2.24, 2.45) is 0 Å². The van der Waals surface area contributed by atoms with Gasteiger partial charge < -0.3 is 14.5 Å². The quantitative estimate of drug-likeness (QED) is 0.521. The van der Waals surface area contributed by atoms with Gasteiger partial charge in [-0.3, -0.25) is 10.2 Å². The van der Waals surface area contributed by atoms with Gasteiger partial charge >= 0.3 is 6.09 Å². The Morgan fingerprint density at radius 3 is 2.09 bits per heavy atom. The Labute approximate surface area is 205 Å². The van der Waals surface area contributed by atoms with Crippen LogP contribution in [0, 0.1) is 0 Å². The number of H-pyrrole nitrogens is 1. The fraction of sp³-hybridized carbons (Fsp3) is 0.704. The van der Waals surface area contributed by atoms with Crippen molar-refractivity contribution in [2.75, 3.05) is 25.5 Å². The van der Waals surface area contributed by atoms with E-state index in [0.717, 1.165) is 30.2 Å². The molecule has 2 fully saturated rings. The zero-order valence-electron chi connectivity index (χ0n) is 21.4. The number of aromatic nitrogens is 2. The first-order valence-corrected chi connectivity index (χ1v) is 13.2. The maximum absolute atomic E-state index is 10.9. The number of methoxy groups -OCH3 is 1. The molecule has 4 rings (SSSR count). The number of aromatic amines is 1. The van der Waals surface area contributed by atoms with Crippen LogP contribution in [0.2, 0.25) is 0 Å². The molecule has 1 aliphatic carbocycles. The molecule has 2 aliphatic rings. The minimum Gasteiger partial charge on any atom is -0.453 e. The largest absolute Gasteiger partial charge is 0.453 e. The van der Waals surface area contributed by atoms with Crippen molar-refractivity contribution in [3.63, 3.8) is 0 Å². The summed E-state index contributed by atoms with van der Waals surface area (Å²) in [6.07, 6.45) is 16.2. The lowest BCUT2D eigenvalue weighted by atomic mass is 9.96. The van der Waals surface area contributed by atoms with Crippen molar-refractivity contribution in [1.29, 1.82) is 0 Å². The van der Waals surface area contributed by atoms with Gasteiger partial charge in [0.2, 0.25) is 5.95 Å². The first-order chi connectivity index (χ1) is 16.5. The molecular formula is C27H44N4O3. The van der Waals surface area contributed by atoms with Crippen LogP contribution in [0.4, 0.5) is 10.7 Å². The van der Waals surface area contributed by atoms with E-state index in [2.05, 4.69) is 38.8 Å². The van der Waals surface area contributed by atoms with Crippen molar-refractivity contribution in [2.45, 2.75) is 103 Å². The summed E-state index contributed by atoms with van der Waals surface area (Å²) >= 11 is 0. The van der Waals surface area contributed by atoms with Crippen molar-refractivity contribution in [3.8, 4) is 0 Å². The monoisotopic (exact) mass is 472 g/mol. The highest BCUT2D eigenvalue weighted by atomic mass is 16.5. The molecule has 1 aromatic carbocycles. The summed E-state index contributed by atoms with van der Waals surface area (Å²) < 4.78 is 10.3. The second kappa shape index (κ2) is 14.3. The molecule has 2 heterocycles. The van der Waals surface area contributed by atoms with Crippen LogP contribution in [-0.2, 0) is 9.47 Å². The number of nitrogens with one attached hydrogen (secondary N) is 2. The Hall–Kier alpha value is -2.12. The smallest absolute Gasteiger partial charge is 0.413 e. The first-order valence-electron chi connectivity index (χ1n) is 13.2. The van der Waals surface area contributed by atoms with Crippen LogP contribution in [0.25, 0.3) is 11.0 Å². The van der Waals surface area contributed by atoms with E-state index in [1.165, 1.54) is 77.7 Å². The highest BCUT2D eigenvalue weighted by Gasteiger charge is 2.27. The molecule has 34 heavy (non-hydrogen) atoms. The molecule has 2 unspecified atom stereocenters. The minimum atomic E-state index is -0.538. The molecule has 7 nitrogen and oxygen atoms in total. The summed E-state index contributed by atoms with van der Waals surface area (Å²) in [4.78, 5) is 20.7. The standard InChI is InChI=1S/C18H35NO.C9H9N3O2/c1-16-14-19(15-17(2)20-16)18-12-10-8-6-4-3-5-7-9-11-13-18;1-14-9(13)12-8-10-6-4-2-3-5-7(6)11-8/h16-18H,3-15H2,1-2H3;2-5H,1H3,(H2,10,11,12,13). The van der Waals surface area contributed by atoms with Crippen molar-refractivity contribution >= 4 is 23.1 Å². The third-order valence-corrected chi connectivity index (χ3v) is 6.83. The predicted octanol–water partition coefficient (Wildman–Crippen LogP) is 6.51. The SMILES string of the molecule is CC1CN(C2CCCCCCCCCCC2)CC(C)O1.COC(=O)Nc1nc2ccccc2[nH]1. The van der Waals surface area contributed by atoms with Crippen LogP contribution < -0.4 is 5.32 Å². The van der Waals surface area contributed by atoms with E-state index in [1.54, 1.807) is 0 Å². The molecule has 1 saturated heterocycles. The van der Waals surface area contributed by atoms with Crippen LogP contribution in [0.3, 0.4) is 0 Å². The summed E-state index contributed by atoms with van der Waals surface area (Å²) in [5, 5.41) is 2.45. The van der Waals surface area contributed by atoms with Gasteiger partial charge in [0.15, 0.2) is 0 Å². The fourth-order valence-electron chi connectivity index (χ4n) is 5.18. The average molecular weight is 473 g/mol. The summed E-state index contributed by atoms with van der Waals surface area (Å²) in [5.41, 5.74) is 1.68. The Balaban J connectivity index is 0.000000202. The van der Waals surface area contributed by atoms with E-state index in [0.29, 0.717) is 18.2 Å². The Bertz CT molecular complexity index is 800. The third kappa shape index (κ3) is 8.91. The van der Waals surface area contributed by atoms with Crippen molar-refractivity contribution in [1.82, 2.24) is 14.9 Å². The number of benzene rings is 1. The molecule has 0 spiro atoms. The number of para-hydroxylation sites is 2. The lowest BCUT2D eigenvalue weighted by molar-refractivity contribution is -0.0825. The number of rotatable bonds is 2. The number of hydrogen-bond acceptors (Lipinski definition) is 5. The van der Waals surface area contributed by atoms with Gasteiger partial charge in [0.05, 0.1) is 30.4 Å². The number of carbonyl (C=O) groups excluding carboxylic acids is 1. The molecule has 1 aliphatic heterocycles. The molecule has 1 amide bonds. The summed E-state index contributed by atoms with van der Waals surface area (Å²) in [5.74, 6) is 0.387. The number of ether oxygens (including phenoxy) is 2. The number of hydrogen-bond donors (Lipinski definition) is 2. The van der Waals surface area contributed by atoms with Gasteiger partial charge in [0.25, 0.3) is 0 Å². The second-order valence-electron chi connectivity index (χ2n) is 9.84. The van der Waals surface area contributed by atoms with Crippen LogP contribution in [-0.4, -0.2) is 59.4 Å². The van der Waals surface area contributed by atoms with E-state index >= 15 is 0 Å². The van der Waals surface area contributed by atoms with Gasteiger partial charge in [-0.15, -0.1) is 0 Å². The first kappa shape index (κ1) is 26.5. The van der Waals surface area contributed by atoms with E-state index in [4.69, 9.17) is 4.74 Å². The number of carbonyl (C=O) groups is 1. The number of anilines is 1. The molecule has 2 aromatic rings. The molecule has 2 N–H and O–H groups in total. The van der Waals surface area contributed by atoms with E-state index in [-0.39, 0.29) is 0 Å². The summed E-state index contributed by atoms with van der Waals surface area (Å²) in [6.45, 7) is 6.76. The maximum atomic E-state index is 10.9. The number of morpholine rings is 1. The summed E-state index contributed by atoms with van der Waals surface area (Å²) in [7, 11) is 1.30. The van der Waals surface area contributed by atoms with Crippen molar-refractivity contribution < 1.29 is 14.3 Å². The molecule has 7 heteroatoms. The second-order valence-corrected chi connectivity index (χ2v) is 9.84. The third-order valence-electron chi connectivity index (χ3n) is 6.83.